The number of aromatic nitrogens is 1. The normalized spacial score (nSPS) is 17.0. The van der Waals surface area contributed by atoms with Gasteiger partial charge in [-0.2, -0.15) is 15.1 Å². The fourth-order valence-electron chi connectivity index (χ4n) is 4.40. The molecule has 1 aromatic carbocycles. The summed E-state index contributed by atoms with van der Waals surface area (Å²) in [5, 5.41) is 16.2. The van der Waals surface area contributed by atoms with Gasteiger partial charge in [-0.15, -0.1) is 0 Å². The van der Waals surface area contributed by atoms with E-state index in [9.17, 15) is 4.79 Å². The Hall–Kier alpha value is -2.93. The molecule has 0 saturated heterocycles. The van der Waals surface area contributed by atoms with E-state index in [1.807, 2.05) is 6.92 Å². The van der Waals surface area contributed by atoms with Gasteiger partial charge in [0.2, 0.25) is 5.17 Å². The average Bonchev–Trinajstić information content (AvgIpc) is 3.27. The fourth-order valence-corrected chi connectivity index (χ4v) is 5.33. The number of aliphatic imine (C=N–C) groups is 1. The first-order valence-corrected chi connectivity index (χ1v) is 12.4. The summed E-state index contributed by atoms with van der Waals surface area (Å²) in [5.41, 5.74) is 6.80. The van der Waals surface area contributed by atoms with Gasteiger partial charge in [-0.25, -0.2) is 0 Å². The number of fused-ring (bicyclic) bond motifs is 1. The Bertz CT molecular complexity index is 1200. The van der Waals surface area contributed by atoms with Crippen LogP contribution in [-0.2, 0) is 4.79 Å². The smallest absolute Gasteiger partial charge is 0.283 e. The SMILES string of the molecule is CCCCCCC1=NN2C(=N)/C(=C\c3cc(C)n(-c4cc(C)cc(C)c4)c3C)C(=O)N=C2S1. The summed E-state index contributed by atoms with van der Waals surface area (Å²) in [6.45, 7) is 10.5. The lowest BCUT2D eigenvalue weighted by Crippen LogP contribution is -2.35. The van der Waals surface area contributed by atoms with E-state index in [-0.39, 0.29) is 17.3 Å². The number of nitrogens with zero attached hydrogens (tertiary/aromatic N) is 4. The van der Waals surface area contributed by atoms with Crippen molar-refractivity contribution in [2.24, 2.45) is 10.1 Å². The van der Waals surface area contributed by atoms with Crippen molar-refractivity contribution in [1.82, 2.24) is 9.58 Å². The number of unbranched alkanes of at least 4 members (excludes halogenated alkanes) is 3. The maximum Gasteiger partial charge on any atom is 0.283 e. The molecule has 0 unspecified atom stereocenters. The van der Waals surface area contributed by atoms with Gasteiger partial charge in [0, 0.05) is 17.1 Å². The van der Waals surface area contributed by atoms with Crippen LogP contribution in [0.2, 0.25) is 0 Å². The van der Waals surface area contributed by atoms with Crippen LogP contribution in [0, 0.1) is 33.1 Å². The van der Waals surface area contributed by atoms with Crippen molar-refractivity contribution in [3.63, 3.8) is 0 Å². The molecule has 0 aliphatic carbocycles. The number of carbonyl (C=O) groups is 1. The minimum atomic E-state index is -0.377. The number of carbonyl (C=O) groups excluding carboxylic acids is 1. The van der Waals surface area contributed by atoms with E-state index in [1.54, 1.807) is 6.08 Å². The topological polar surface area (TPSA) is 73.8 Å². The van der Waals surface area contributed by atoms with Crippen LogP contribution in [0.25, 0.3) is 11.8 Å². The summed E-state index contributed by atoms with van der Waals surface area (Å²) in [4.78, 5) is 17.1. The predicted octanol–water partition coefficient (Wildman–Crippen LogP) is 6.30. The molecule has 7 heteroatoms. The number of amidine groups is 2. The van der Waals surface area contributed by atoms with Crippen molar-refractivity contribution in [3.8, 4) is 5.69 Å². The van der Waals surface area contributed by atoms with Gasteiger partial charge in [-0.05, 0) is 93.3 Å². The van der Waals surface area contributed by atoms with E-state index >= 15 is 0 Å². The summed E-state index contributed by atoms with van der Waals surface area (Å²) in [5.74, 6) is -0.283. The zero-order valence-electron chi connectivity index (χ0n) is 20.0. The van der Waals surface area contributed by atoms with Crippen LogP contribution < -0.4 is 0 Å². The highest BCUT2D eigenvalue weighted by molar-refractivity contribution is 8.26. The molecule has 172 valence electrons. The van der Waals surface area contributed by atoms with Gasteiger partial charge in [0.15, 0.2) is 5.84 Å². The zero-order chi connectivity index (χ0) is 23.7. The predicted molar refractivity (Wildman–Crippen MR) is 138 cm³/mol. The van der Waals surface area contributed by atoms with Crippen molar-refractivity contribution in [2.45, 2.75) is 66.7 Å². The van der Waals surface area contributed by atoms with Crippen molar-refractivity contribution in [1.29, 1.82) is 5.41 Å². The number of thioether (sulfide) groups is 1. The Kier molecular flexibility index (Phi) is 6.70. The standard InChI is InChI=1S/C26H31N5OS/c1-6-7-8-9-10-23-29-31-24(27)22(25(32)28-26(31)33-23)15-20-14-18(4)30(19(20)5)21-12-16(2)11-17(3)13-21/h11-15,27H,6-10H2,1-5H3/b22-15+,27-24?. The summed E-state index contributed by atoms with van der Waals surface area (Å²) < 4.78 is 2.19. The molecule has 1 aromatic heterocycles. The summed E-state index contributed by atoms with van der Waals surface area (Å²) in [6.07, 6.45) is 7.28. The maximum absolute atomic E-state index is 12.8. The molecule has 2 aliphatic rings. The number of hydrazone groups is 1. The molecule has 33 heavy (non-hydrogen) atoms. The monoisotopic (exact) mass is 461 g/mol. The van der Waals surface area contributed by atoms with Gasteiger partial charge in [0.1, 0.15) is 5.04 Å². The molecule has 0 saturated carbocycles. The third-order valence-electron chi connectivity index (χ3n) is 5.98. The molecule has 0 spiro atoms. The summed E-state index contributed by atoms with van der Waals surface area (Å²) in [6, 6.07) is 8.53. The molecule has 0 fully saturated rings. The molecule has 2 aromatic rings. The van der Waals surface area contributed by atoms with E-state index in [0.717, 1.165) is 40.5 Å². The first-order valence-electron chi connectivity index (χ1n) is 11.5. The van der Waals surface area contributed by atoms with E-state index in [4.69, 9.17) is 5.41 Å². The second-order valence-electron chi connectivity index (χ2n) is 8.83. The van der Waals surface area contributed by atoms with Crippen LogP contribution >= 0.6 is 11.8 Å². The lowest BCUT2D eigenvalue weighted by molar-refractivity contribution is -0.114. The molecule has 0 atom stereocenters. The van der Waals surface area contributed by atoms with E-state index in [2.05, 4.69) is 66.6 Å². The van der Waals surface area contributed by atoms with Crippen LogP contribution in [0.4, 0.5) is 0 Å². The van der Waals surface area contributed by atoms with Gasteiger partial charge < -0.3 is 4.57 Å². The van der Waals surface area contributed by atoms with E-state index in [1.165, 1.54) is 47.2 Å². The Morgan fingerprint density at radius 2 is 1.76 bits per heavy atom. The van der Waals surface area contributed by atoms with Crippen molar-refractivity contribution >= 4 is 39.8 Å². The third-order valence-corrected chi connectivity index (χ3v) is 6.94. The lowest BCUT2D eigenvalue weighted by atomic mass is 10.1. The molecule has 1 N–H and O–H groups in total. The number of amides is 1. The van der Waals surface area contributed by atoms with Gasteiger partial charge in [0.05, 0.1) is 5.57 Å². The molecule has 2 aliphatic heterocycles. The number of hydrogen-bond donors (Lipinski definition) is 1. The lowest BCUT2D eigenvalue weighted by Gasteiger charge is -2.20. The highest BCUT2D eigenvalue weighted by Crippen LogP contribution is 2.31. The number of hydrogen-bond acceptors (Lipinski definition) is 4. The Labute approximate surface area is 200 Å². The van der Waals surface area contributed by atoms with Crippen molar-refractivity contribution in [2.75, 3.05) is 0 Å². The highest BCUT2D eigenvalue weighted by atomic mass is 32.2. The largest absolute Gasteiger partial charge is 0.318 e. The number of rotatable bonds is 7. The molecular formula is C26H31N5OS. The fraction of sp³-hybridized carbons (Fsp3) is 0.385. The van der Waals surface area contributed by atoms with Crippen molar-refractivity contribution in [3.05, 3.63) is 57.9 Å². The van der Waals surface area contributed by atoms with Gasteiger partial charge >= 0.3 is 0 Å². The third kappa shape index (κ3) is 4.74. The first kappa shape index (κ1) is 23.2. The van der Waals surface area contributed by atoms with Crippen LogP contribution in [0.5, 0.6) is 0 Å². The van der Waals surface area contributed by atoms with Gasteiger partial charge in [-0.1, -0.05) is 32.3 Å². The average molecular weight is 462 g/mol. The first-order chi connectivity index (χ1) is 15.8. The number of benzene rings is 1. The molecule has 6 nitrogen and oxygen atoms in total. The highest BCUT2D eigenvalue weighted by Gasteiger charge is 2.35. The summed E-state index contributed by atoms with van der Waals surface area (Å²) >= 11 is 1.41. The number of aryl methyl sites for hydroxylation is 3. The minimum absolute atomic E-state index is 0.0947. The van der Waals surface area contributed by atoms with Gasteiger partial charge in [0.25, 0.3) is 5.91 Å². The molecule has 4 rings (SSSR count). The number of nitrogens with one attached hydrogen (secondary N) is 1. The van der Waals surface area contributed by atoms with Crippen LogP contribution in [-0.4, -0.2) is 31.5 Å². The van der Waals surface area contributed by atoms with E-state index in [0.29, 0.717) is 5.17 Å². The van der Waals surface area contributed by atoms with Gasteiger partial charge in [-0.3, -0.25) is 10.2 Å². The Balaban J connectivity index is 1.62. The minimum Gasteiger partial charge on any atom is -0.318 e. The van der Waals surface area contributed by atoms with Crippen LogP contribution in [0.15, 0.2) is 39.9 Å². The Morgan fingerprint density at radius 1 is 1.03 bits per heavy atom. The molecule has 0 radical (unpaired) electrons. The Morgan fingerprint density at radius 3 is 2.45 bits per heavy atom. The van der Waals surface area contributed by atoms with Crippen molar-refractivity contribution < 1.29 is 4.79 Å². The van der Waals surface area contributed by atoms with E-state index < -0.39 is 0 Å². The van der Waals surface area contributed by atoms with Crippen LogP contribution in [0.3, 0.4) is 0 Å². The molecular weight excluding hydrogens is 430 g/mol. The maximum atomic E-state index is 12.8. The molecule has 0 bridgehead atoms. The second kappa shape index (κ2) is 9.51. The molecule has 1 amide bonds. The molecule has 3 heterocycles. The quantitative estimate of drug-likeness (QED) is 0.388. The van der Waals surface area contributed by atoms with Crippen LogP contribution in [0.1, 0.15) is 67.1 Å². The zero-order valence-corrected chi connectivity index (χ0v) is 20.8. The summed E-state index contributed by atoms with van der Waals surface area (Å²) in [7, 11) is 0. The second-order valence-corrected chi connectivity index (χ2v) is 9.87.